The number of benzene rings is 4. The van der Waals surface area contributed by atoms with Gasteiger partial charge >= 0.3 is 5.97 Å². The molecule has 1 aliphatic heterocycles. The van der Waals surface area contributed by atoms with Crippen molar-refractivity contribution in [2.24, 2.45) is 4.99 Å². The van der Waals surface area contributed by atoms with Crippen molar-refractivity contribution in [3.8, 4) is 5.75 Å². The molecule has 0 fully saturated rings. The van der Waals surface area contributed by atoms with Gasteiger partial charge in [-0.05, 0) is 54.5 Å². The van der Waals surface area contributed by atoms with E-state index in [4.69, 9.17) is 14.5 Å². The second-order valence-electron chi connectivity index (χ2n) is 9.94. The van der Waals surface area contributed by atoms with Crippen molar-refractivity contribution >= 4 is 29.1 Å². The number of hydrogen-bond donors (Lipinski definition) is 0. The Hall–Kier alpha value is -5.15. The maximum Gasteiger partial charge on any atom is 0.338 e. The minimum absolute atomic E-state index is 0.0505. The van der Waals surface area contributed by atoms with Crippen molar-refractivity contribution in [3.05, 3.63) is 162 Å². The summed E-state index contributed by atoms with van der Waals surface area (Å²) in [7, 11) is 0. The molecule has 1 aromatic heterocycles. The lowest BCUT2D eigenvalue weighted by Crippen LogP contribution is -2.40. The van der Waals surface area contributed by atoms with Crippen molar-refractivity contribution in [2.75, 3.05) is 6.61 Å². The van der Waals surface area contributed by atoms with Crippen LogP contribution in [-0.2, 0) is 16.1 Å². The van der Waals surface area contributed by atoms with Crippen molar-refractivity contribution in [1.82, 2.24) is 4.57 Å². The number of esters is 1. The first kappa shape index (κ1) is 28.9. The molecule has 0 unspecified atom stereocenters. The van der Waals surface area contributed by atoms with E-state index in [9.17, 15) is 18.4 Å². The highest BCUT2D eigenvalue weighted by molar-refractivity contribution is 7.07. The Labute approximate surface area is 255 Å². The van der Waals surface area contributed by atoms with E-state index in [0.717, 1.165) is 0 Å². The van der Waals surface area contributed by atoms with Crippen LogP contribution in [0.3, 0.4) is 0 Å². The Kier molecular flexibility index (Phi) is 8.29. The number of ether oxygens (including phenoxy) is 2. The predicted octanol–water partition coefficient (Wildman–Crippen LogP) is 5.79. The van der Waals surface area contributed by atoms with Gasteiger partial charge in [0, 0.05) is 11.1 Å². The van der Waals surface area contributed by atoms with E-state index in [1.807, 2.05) is 36.4 Å². The second-order valence-corrected chi connectivity index (χ2v) is 10.9. The molecule has 9 heteroatoms. The Morgan fingerprint density at radius 2 is 1.70 bits per heavy atom. The summed E-state index contributed by atoms with van der Waals surface area (Å²) >= 11 is 1.18. The van der Waals surface area contributed by atoms with Crippen LogP contribution < -0.4 is 19.6 Å². The van der Waals surface area contributed by atoms with Crippen molar-refractivity contribution in [3.63, 3.8) is 0 Å². The van der Waals surface area contributed by atoms with E-state index in [-0.39, 0.29) is 30.2 Å². The molecular formula is C35H26F2N2O4S. The Morgan fingerprint density at radius 3 is 2.45 bits per heavy atom. The van der Waals surface area contributed by atoms with E-state index in [1.165, 1.54) is 34.1 Å². The molecule has 6 nitrogen and oxygen atoms in total. The van der Waals surface area contributed by atoms with Gasteiger partial charge in [-0.1, -0.05) is 84.1 Å². The van der Waals surface area contributed by atoms with E-state index in [1.54, 1.807) is 61.5 Å². The lowest BCUT2D eigenvalue weighted by atomic mass is 9.93. The average Bonchev–Trinajstić information content (AvgIpc) is 3.35. The number of nitrogens with zero attached hydrogens (tertiary/aromatic N) is 2. The summed E-state index contributed by atoms with van der Waals surface area (Å²) in [5.41, 5.74) is 2.54. The smallest absolute Gasteiger partial charge is 0.338 e. The maximum absolute atomic E-state index is 14.1. The summed E-state index contributed by atoms with van der Waals surface area (Å²) in [6, 6.07) is 27.5. The Balaban J connectivity index is 1.48. The standard InChI is InChI=1S/C35H26F2N2O4S/c1-2-42-34(41)30-31(23-10-4-3-5-11-23)38-35-39(32(30)24-15-17-26(36)18-16-24)33(40)29(44-35)20-22-9-8-13-27(19-22)43-21-25-12-6-7-14-28(25)37/h3-20,32H,2,21H2,1H3/b29-20-/t32-/m1/s1. The van der Waals surface area contributed by atoms with Crippen LogP contribution in [0.4, 0.5) is 8.78 Å². The van der Waals surface area contributed by atoms with E-state index >= 15 is 0 Å². The van der Waals surface area contributed by atoms with Gasteiger partial charge in [0.15, 0.2) is 4.80 Å². The minimum atomic E-state index is -0.904. The number of thiazole rings is 1. The van der Waals surface area contributed by atoms with Crippen LogP contribution in [0.1, 0.15) is 35.2 Å². The van der Waals surface area contributed by atoms with Crippen LogP contribution in [0.5, 0.6) is 5.75 Å². The molecule has 1 aliphatic rings. The number of hydrogen-bond acceptors (Lipinski definition) is 6. The van der Waals surface area contributed by atoms with Crippen molar-refractivity contribution in [1.29, 1.82) is 0 Å². The zero-order chi connectivity index (χ0) is 30.6. The van der Waals surface area contributed by atoms with E-state index in [2.05, 4.69) is 0 Å². The summed E-state index contributed by atoms with van der Waals surface area (Å²) in [6.45, 7) is 1.88. The molecule has 0 bridgehead atoms. The number of aromatic nitrogens is 1. The molecule has 2 heterocycles. The zero-order valence-corrected chi connectivity index (χ0v) is 24.4. The number of halogens is 2. The first-order valence-electron chi connectivity index (χ1n) is 13.9. The van der Waals surface area contributed by atoms with Crippen LogP contribution in [0, 0.1) is 11.6 Å². The molecule has 0 aliphatic carbocycles. The van der Waals surface area contributed by atoms with E-state index < -0.39 is 17.8 Å². The highest BCUT2D eigenvalue weighted by Crippen LogP contribution is 2.35. The summed E-state index contributed by atoms with van der Waals surface area (Å²) in [6.07, 6.45) is 1.72. The van der Waals surface area contributed by atoms with Gasteiger partial charge in [0.2, 0.25) is 0 Å². The lowest BCUT2D eigenvalue weighted by Gasteiger charge is -2.25. The molecular weight excluding hydrogens is 582 g/mol. The molecule has 0 saturated heterocycles. The average molecular weight is 609 g/mol. The van der Waals surface area contributed by atoms with Crippen LogP contribution in [0.2, 0.25) is 0 Å². The van der Waals surface area contributed by atoms with Crippen LogP contribution in [-0.4, -0.2) is 17.1 Å². The largest absolute Gasteiger partial charge is 0.489 e. The third-order valence-corrected chi connectivity index (χ3v) is 8.05. The third kappa shape index (κ3) is 5.87. The maximum atomic E-state index is 14.1. The summed E-state index contributed by atoms with van der Waals surface area (Å²) in [5, 5.41) is 0. The second kappa shape index (κ2) is 12.6. The highest BCUT2D eigenvalue weighted by atomic mass is 32.1. The number of carbonyl (C=O) groups is 1. The molecule has 44 heavy (non-hydrogen) atoms. The lowest BCUT2D eigenvalue weighted by molar-refractivity contribution is -0.138. The van der Waals surface area contributed by atoms with Gasteiger partial charge in [-0.2, -0.15) is 0 Å². The molecule has 0 saturated carbocycles. The topological polar surface area (TPSA) is 69.9 Å². The van der Waals surface area contributed by atoms with Gasteiger partial charge in [-0.25, -0.2) is 18.6 Å². The fraction of sp³-hybridized carbons (Fsp3) is 0.114. The van der Waals surface area contributed by atoms with Gasteiger partial charge in [0.05, 0.1) is 28.5 Å². The zero-order valence-electron chi connectivity index (χ0n) is 23.6. The number of rotatable bonds is 8. The molecule has 0 spiro atoms. The number of carbonyl (C=O) groups excluding carboxylic acids is 1. The molecule has 1 atom stereocenters. The third-order valence-electron chi connectivity index (χ3n) is 7.07. The molecule has 4 aromatic carbocycles. The minimum Gasteiger partial charge on any atom is -0.489 e. The fourth-order valence-corrected chi connectivity index (χ4v) is 6.02. The summed E-state index contributed by atoms with van der Waals surface area (Å²) < 4.78 is 41.2. The molecule has 6 rings (SSSR count). The Bertz CT molecular complexity index is 2050. The van der Waals surface area contributed by atoms with Crippen molar-refractivity contribution < 1.29 is 23.0 Å². The first-order valence-corrected chi connectivity index (χ1v) is 14.7. The summed E-state index contributed by atoms with van der Waals surface area (Å²) in [4.78, 5) is 32.7. The van der Waals surface area contributed by atoms with Gasteiger partial charge in [-0.15, -0.1) is 0 Å². The molecule has 0 amide bonds. The van der Waals surface area contributed by atoms with Gasteiger partial charge in [0.25, 0.3) is 5.56 Å². The fourth-order valence-electron chi connectivity index (χ4n) is 5.02. The molecule has 0 N–H and O–H groups in total. The van der Waals surface area contributed by atoms with Crippen LogP contribution in [0.15, 0.2) is 118 Å². The van der Waals surface area contributed by atoms with Gasteiger partial charge in [0.1, 0.15) is 24.0 Å². The van der Waals surface area contributed by atoms with Gasteiger partial charge < -0.3 is 9.47 Å². The van der Waals surface area contributed by atoms with E-state index in [0.29, 0.717) is 43.0 Å². The number of fused-ring (bicyclic) bond motifs is 1. The highest BCUT2D eigenvalue weighted by Gasteiger charge is 2.35. The SMILES string of the molecule is CCOC(=O)C1=C(c2ccccc2)N=c2s/c(=C\c3cccc(OCc4ccccc4F)c3)c(=O)n2[C@@H]1c1ccc(F)cc1. The monoisotopic (exact) mass is 608 g/mol. The molecule has 5 aromatic rings. The normalized spacial score (nSPS) is 14.6. The molecule has 0 radical (unpaired) electrons. The predicted molar refractivity (Wildman–Crippen MR) is 165 cm³/mol. The summed E-state index contributed by atoms with van der Waals surface area (Å²) in [5.74, 6) is -0.894. The Morgan fingerprint density at radius 1 is 0.955 bits per heavy atom. The quantitative estimate of drug-likeness (QED) is 0.209. The first-order chi connectivity index (χ1) is 21.4. The van der Waals surface area contributed by atoms with Crippen LogP contribution >= 0.6 is 11.3 Å². The molecule has 220 valence electrons. The van der Waals surface area contributed by atoms with Gasteiger partial charge in [-0.3, -0.25) is 9.36 Å². The van der Waals surface area contributed by atoms with Crippen molar-refractivity contribution in [2.45, 2.75) is 19.6 Å². The van der Waals surface area contributed by atoms with Crippen LogP contribution in [0.25, 0.3) is 11.8 Å².